The first kappa shape index (κ1) is 16.2. The van der Waals surface area contributed by atoms with E-state index in [0.29, 0.717) is 21.8 Å². The van der Waals surface area contributed by atoms with Crippen LogP contribution >= 0.6 is 35.0 Å². The molecule has 0 aliphatic heterocycles. The molecule has 0 bridgehead atoms. The molecule has 0 radical (unpaired) electrons. The molecule has 0 saturated heterocycles. The third-order valence-electron chi connectivity index (χ3n) is 3.14. The molecule has 0 saturated carbocycles. The molecule has 118 valence electrons. The number of hydrogen-bond donors (Lipinski definition) is 1. The molecule has 0 aliphatic rings. The van der Waals surface area contributed by atoms with Crippen molar-refractivity contribution in [1.82, 2.24) is 15.2 Å². The van der Waals surface area contributed by atoms with Gasteiger partial charge in [-0.25, -0.2) is 4.98 Å². The molecule has 3 aromatic rings. The molecule has 7 heteroatoms. The average molecular weight is 366 g/mol. The topological polar surface area (TPSA) is 50.8 Å². The smallest absolute Gasteiger partial charge is 0.209 e. The van der Waals surface area contributed by atoms with Gasteiger partial charge in [-0.05, 0) is 35.9 Å². The number of rotatable bonds is 5. The van der Waals surface area contributed by atoms with Crippen LogP contribution in [0.1, 0.15) is 5.56 Å². The van der Waals surface area contributed by atoms with E-state index in [0.717, 1.165) is 21.9 Å². The first-order valence-electron chi connectivity index (χ1n) is 6.79. The summed E-state index contributed by atoms with van der Waals surface area (Å²) in [4.78, 5) is 4.49. The lowest BCUT2D eigenvalue weighted by Crippen LogP contribution is -1.89. The fourth-order valence-corrected chi connectivity index (χ4v) is 3.20. The van der Waals surface area contributed by atoms with Crippen molar-refractivity contribution in [3.05, 3.63) is 58.1 Å². The molecule has 3 rings (SSSR count). The molecule has 1 heterocycles. The number of benzene rings is 2. The van der Waals surface area contributed by atoms with Gasteiger partial charge < -0.3 is 4.74 Å². The minimum Gasteiger partial charge on any atom is -0.496 e. The summed E-state index contributed by atoms with van der Waals surface area (Å²) >= 11 is 13.6. The summed E-state index contributed by atoms with van der Waals surface area (Å²) in [5.74, 6) is 2.06. The Balaban J connectivity index is 1.77. The van der Waals surface area contributed by atoms with Crippen molar-refractivity contribution in [2.75, 3.05) is 7.11 Å². The Morgan fingerprint density at radius 1 is 1.13 bits per heavy atom. The van der Waals surface area contributed by atoms with E-state index in [-0.39, 0.29) is 0 Å². The Hall–Kier alpha value is -1.69. The molecule has 0 fully saturated rings. The standard InChI is InChI=1S/C16H13Cl2N3OS/c1-22-14-6-5-12(18)8-13(14)15-19-16(21-20-15)23-9-10-3-2-4-11(17)7-10/h2-8H,9H2,1H3,(H,19,20,21). The number of H-pyrrole nitrogens is 1. The largest absolute Gasteiger partial charge is 0.496 e. The van der Waals surface area contributed by atoms with Crippen LogP contribution in [0.3, 0.4) is 0 Å². The van der Waals surface area contributed by atoms with Crippen molar-refractivity contribution < 1.29 is 4.74 Å². The van der Waals surface area contributed by atoms with Gasteiger partial charge in [0.25, 0.3) is 0 Å². The van der Waals surface area contributed by atoms with E-state index in [1.807, 2.05) is 24.3 Å². The van der Waals surface area contributed by atoms with Crippen molar-refractivity contribution >= 4 is 35.0 Å². The van der Waals surface area contributed by atoms with Gasteiger partial charge in [-0.1, -0.05) is 47.1 Å². The van der Waals surface area contributed by atoms with Crippen LogP contribution in [-0.2, 0) is 5.75 Å². The molecule has 0 amide bonds. The van der Waals surface area contributed by atoms with E-state index in [1.54, 1.807) is 25.3 Å². The molecule has 1 N–H and O–H groups in total. The molecule has 0 atom stereocenters. The van der Waals surface area contributed by atoms with Gasteiger partial charge in [0.1, 0.15) is 5.75 Å². The fraction of sp³-hybridized carbons (Fsp3) is 0.125. The summed E-state index contributed by atoms with van der Waals surface area (Å²) in [6, 6.07) is 13.1. The van der Waals surface area contributed by atoms with Crippen LogP contribution in [0.2, 0.25) is 10.0 Å². The highest BCUT2D eigenvalue weighted by Crippen LogP contribution is 2.31. The van der Waals surface area contributed by atoms with Crippen molar-refractivity contribution in [3.8, 4) is 17.1 Å². The maximum Gasteiger partial charge on any atom is 0.209 e. The molecule has 0 unspecified atom stereocenters. The third kappa shape index (κ3) is 3.99. The number of hydrogen-bond acceptors (Lipinski definition) is 4. The van der Waals surface area contributed by atoms with E-state index in [9.17, 15) is 0 Å². The van der Waals surface area contributed by atoms with Crippen LogP contribution in [0.4, 0.5) is 0 Å². The minimum absolute atomic E-state index is 0.616. The molecule has 1 aromatic heterocycles. The second kappa shape index (κ2) is 7.25. The molecular weight excluding hydrogens is 353 g/mol. The Kier molecular flexibility index (Phi) is 5.10. The van der Waals surface area contributed by atoms with Crippen molar-refractivity contribution in [2.45, 2.75) is 10.9 Å². The van der Waals surface area contributed by atoms with Crippen LogP contribution in [0.25, 0.3) is 11.4 Å². The normalized spacial score (nSPS) is 10.7. The van der Waals surface area contributed by atoms with Crippen LogP contribution < -0.4 is 4.74 Å². The molecule has 0 spiro atoms. The number of aromatic nitrogens is 3. The SMILES string of the molecule is COc1ccc(Cl)cc1-c1nc(SCc2cccc(Cl)c2)n[nH]1. The van der Waals surface area contributed by atoms with Crippen molar-refractivity contribution in [2.24, 2.45) is 0 Å². The van der Waals surface area contributed by atoms with E-state index in [2.05, 4.69) is 15.2 Å². The lowest BCUT2D eigenvalue weighted by Gasteiger charge is -2.05. The summed E-state index contributed by atoms with van der Waals surface area (Å²) in [6.07, 6.45) is 0. The predicted molar refractivity (Wildman–Crippen MR) is 94.4 cm³/mol. The number of aromatic amines is 1. The maximum absolute atomic E-state index is 6.05. The van der Waals surface area contributed by atoms with Gasteiger partial charge in [-0.3, -0.25) is 5.10 Å². The van der Waals surface area contributed by atoms with Gasteiger partial charge in [0.2, 0.25) is 5.16 Å². The van der Waals surface area contributed by atoms with Crippen LogP contribution in [0.15, 0.2) is 47.6 Å². The number of nitrogens with zero attached hydrogens (tertiary/aromatic N) is 2. The summed E-state index contributed by atoms with van der Waals surface area (Å²) in [5, 5.41) is 9.15. The summed E-state index contributed by atoms with van der Waals surface area (Å²) in [7, 11) is 1.61. The second-order valence-corrected chi connectivity index (χ2v) is 6.55. The molecule has 2 aromatic carbocycles. The van der Waals surface area contributed by atoms with E-state index in [1.165, 1.54) is 11.8 Å². The van der Waals surface area contributed by atoms with Crippen LogP contribution in [0.5, 0.6) is 5.75 Å². The zero-order valence-corrected chi connectivity index (χ0v) is 14.5. The Labute approximate surface area is 148 Å². The third-order valence-corrected chi connectivity index (χ3v) is 4.53. The number of methoxy groups -OCH3 is 1. The zero-order chi connectivity index (χ0) is 16.2. The van der Waals surface area contributed by atoms with Crippen molar-refractivity contribution in [1.29, 1.82) is 0 Å². The van der Waals surface area contributed by atoms with Gasteiger partial charge in [-0.2, -0.15) is 0 Å². The summed E-state index contributed by atoms with van der Waals surface area (Å²) in [5.41, 5.74) is 1.90. The second-order valence-electron chi connectivity index (χ2n) is 4.73. The van der Waals surface area contributed by atoms with E-state index < -0.39 is 0 Å². The van der Waals surface area contributed by atoms with Gasteiger partial charge in [0, 0.05) is 15.8 Å². The van der Waals surface area contributed by atoms with Crippen LogP contribution in [-0.4, -0.2) is 22.3 Å². The van der Waals surface area contributed by atoms with Gasteiger partial charge in [-0.15, -0.1) is 5.10 Å². The molecule has 4 nitrogen and oxygen atoms in total. The highest BCUT2D eigenvalue weighted by Gasteiger charge is 2.12. The number of ether oxygens (including phenoxy) is 1. The van der Waals surface area contributed by atoms with Crippen LogP contribution in [0, 0.1) is 0 Å². The lowest BCUT2D eigenvalue weighted by atomic mass is 10.2. The minimum atomic E-state index is 0.616. The fourth-order valence-electron chi connectivity index (χ4n) is 2.07. The summed E-state index contributed by atoms with van der Waals surface area (Å²) in [6.45, 7) is 0. The first-order valence-corrected chi connectivity index (χ1v) is 8.53. The summed E-state index contributed by atoms with van der Waals surface area (Å²) < 4.78 is 5.34. The van der Waals surface area contributed by atoms with Gasteiger partial charge in [0.05, 0.1) is 12.7 Å². The average Bonchev–Trinajstić information content (AvgIpc) is 3.02. The maximum atomic E-state index is 6.05. The van der Waals surface area contributed by atoms with E-state index in [4.69, 9.17) is 27.9 Å². The molecule has 23 heavy (non-hydrogen) atoms. The Morgan fingerprint density at radius 3 is 2.74 bits per heavy atom. The number of nitrogens with one attached hydrogen (secondary N) is 1. The van der Waals surface area contributed by atoms with E-state index >= 15 is 0 Å². The Morgan fingerprint density at radius 2 is 1.96 bits per heavy atom. The predicted octanol–water partition coefficient (Wildman–Crippen LogP) is 5.08. The number of thioether (sulfide) groups is 1. The quantitative estimate of drug-likeness (QED) is 0.640. The van der Waals surface area contributed by atoms with Gasteiger partial charge in [0.15, 0.2) is 5.82 Å². The highest BCUT2D eigenvalue weighted by atomic mass is 35.5. The Bertz CT molecular complexity index is 823. The first-order chi connectivity index (χ1) is 11.2. The highest BCUT2D eigenvalue weighted by molar-refractivity contribution is 7.98. The molecular formula is C16H13Cl2N3OS. The molecule has 0 aliphatic carbocycles. The lowest BCUT2D eigenvalue weighted by molar-refractivity contribution is 0.416. The zero-order valence-electron chi connectivity index (χ0n) is 12.2. The monoisotopic (exact) mass is 365 g/mol. The number of halogens is 2. The van der Waals surface area contributed by atoms with Crippen molar-refractivity contribution in [3.63, 3.8) is 0 Å². The van der Waals surface area contributed by atoms with Gasteiger partial charge >= 0.3 is 0 Å².